The van der Waals surface area contributed by atoms with E-state index in [1.165, 1.54) is 12.3 Å². The van der Waals surface area contributed by atoms with Gasteiger partial charge in [-0.3, -0.25) is 0 Å². The second-order valence-electron chi connectivity index (χ2n) is 3.05. The van der Waals surface area contributed by atoms with Crippen LogP contribution in [0.25, 0.3) is 0 Å². The Labute approximate surface area is 96.1 Å². The van der Waals surface area contributed by atoms with E-state index in [1.54, 1.807) is 17.4 Å². The molecule has 5 heteroatoms. The number of hydrogen-bond donors (Lipinski definition) is 1. The predicted molar refractivity (Wildman–Crippen MR) is 59.8 cm³/mol. The molecule has 0 bridgehead atoms. The zero-order chi connectivity index (χ0) is 11.4. The number of nitrogens with zero attached hydrogens (tertiary/aromatic N) is 1. The predicted octanol–water partition coefficient (Wildman–Crippen LogP) is 2.42. The van der Waals surface area contributed by atoms with Crippen molar-refractivity contribution in [2.24, 2.45) is 0 Å². The van der Waals surface area contributed by atoms with Gasteiger partial charge in [0.1, 0.15) is 12.4 Å². The molecular formula is C11H9NO3S. The molecule has 0 fully saturated rings. The summed E-state index contributed by atoms with van der Waals surface area (Å²) in [6, 6.07) is 6.96. The molecule has 1 N–H and O–H groups in total. The number of pyridine rings is 1. The van der Waals surface area contributed by atoms with Crippen LogP contribution in [0.2, 0.25) is 0 Å². The van der Waals surface area contributed by atoms with Gasteiger partial charge in [0.2, 0.25) is 0 Å². The molecule has 0 aromatic carbocycles. The number of ether oxygens (including phenoxy) is 1. The minimum Gasteiger partial charge on any atom is -0.488 e. The van der Waals surface area contributed by atoms with Gasteiger partial charge in [-0.1, -0.05) is 6.07 Å². The summed E-state index contributed by atoms with van der Waals surface area (Å²) in [5.41, 5.74) is -0.0105. The number of aromatic nitrogens is 1. The standard InChI is InChI=1S/C11H9NO3S/c13-11(14)10-6-8(3-4-12-10)15-7-9-2-1-5-16-9/h1-6H,7H2,(H,13,14). The molecule has 0 unspecified atom stereocenters. The van der Waals surface area contributed by atoms with Crippen LogP contribution in [-0.2, 0) is 6.61 Å². The van der Waals surface area contributed by atoms with Crippen molar-refractivity contribution < 1.29 is 14.6 Å². The first-order valence-corrected chi connectivity index (χ1v) is 5.48. The summed E-state index contributed by atoms with van der Waals surface area (Å²) in [5, 5.41) is 10.7. The average molecular weight is 235 g/mol. The number of aromatic carboxylic acids is 1. The number of thiophene rings is 1. The molecule has 0 saturated heterocycles. The van der Waals surface area contributed by atoms with Crippen molar-refractivity contribution in [2.75, 3.05) is 0 Å². The van der Waals surface area contributed by atoms with Gasteiger partial charge in [-0.2, -0.15) is 0 Å². The molecule has 82 valence electrons. The Morgan fingerprint density at radius 2 is 2.38 bits per heavy atom. The van der Waals surface area contributed by atoms with E-state index in [0.717, 1.165) is 4.88 Å². The Balaban J connectivity index is 2.04. The smallest absolute Gasteiger partial charge is 0.354 e. The first-order chi connectivity index (χ1) is 7.75. The van der Waals surface area contributed by atoms with Gasteiger partial charge in [0, 0.05) is 17.1 Å². The highest BCUT2D eigenvalue weighted by Crippen LogP contribution is 2.15. The third-order valence-electron chi connectivity index (χ3n) is 1.91. The topological polar surface area (TPSA) is 59.4 Å². The molecule has 16 heavy (non-hydrogen) atoms. The fourth-order valence-corrected chi connectivity index (χ4v) is 1.78. The minimum atomic E-state index is -1.05. The normalized spacial score (nSPS) is 10.0. The van der Waals surface area contributed by atoms with Crippen LogP contribution in [0.3, 0.4) is 0 Å². The number of hydrogen-bond acceptors (Lipinski definition) is 4. The van der Waals surface area contributed by atoms with Crippen molar-refractivity contribution in [3.05, 3.63) is 46.4 Å². The zero-order valence-corrected chi connectivity index (χ0v) is 9.11. The van der Waals surface area contributed by atoms with Crippen molar-refractivity contribution in [1.82, 2.24) is 4.98 Å². The van der Waals surface area contributed by atoms with Gasteiger partial charge in [-0.05, 0) is 17.5 Å². The molecule has 0 spiro atoms. The maximum Gasteiger partial charge on any atom is 0.354 e. The van der Waals surface area contributed by atoms with E-state index < -0.39 is 5.97 Å². The Morgan fingerprint density at radius 1 is 1.50 bits per heavy atom. The fourth-order valence-electron chi connectivity index (χ4n) is 1.17. The summed E-state index contributed by atoms with van der Waals surface area (Å²) in [4.78, 5) is 15.5. The van der Waals surface area contributed by atoms with Crippen LogP contribution in [0.5, 0.6) is 5.75 Å². The highest BCUT2D eigenvalue weighted by atomic mass is 32.1. The van der Waals surface area contributed by atoms with Gasteiger partial charge in [-0.15, -0.1) is 11.3 Å². The number of carbonyl (C=O) groups is 1. The summed E-state index contributed by atoms with van der Waals surface area (Å²) in [6.45, 7) is 0.445. The quantitative estimate of drug-likeness (QED) is 0.884. The van der Waals surface area contributed by atoms with E-state index in [0.29, 0.717) is 12.4 Å². The minimum absolute atomic E-state index is 0.0105. The van der Waals surface area contributed by atoms with Gasteiger partial charge in [0.05, 0.1) is 0 Å². The van der Waals surface area contributed by atoms with Crippen molar-refractivity contribution >= 4 is 17.3 Å². The summed E-state index contributed by atoms with van der Waals surface area (Å²) in [6.07, 6.45) is 1.42. The highest BCUT2D eigenvalue weighted by Gasteiger charge is 2.05. The maximum absolute atomic E-state index is 10.7. The molecule has 0 atom stereocenters. The van der Waals surface area contributed by atoms with E-state index in [9.17, 15) is 4.79 Å². The molecule has 0 saturated carbocycles. The van der Waals surface area contributed by atoms with Crippen LogP contribution in [0.4, 0.5) is 0 Å². The molecule has 2 heterocycles. The molecule has 4 nitrogen and oxygen atoms in total. The maximum atomic E-state index is 10.7. The molecule has 2 aromatic heterocycles. The first-order valence-electron chi connectivity index (χ1n) is 4.60. The lowest BCUT2D eigenvalue weighted by molar-refractivity contribution is 0.0690. The SMILES string of the molecule is O=C(O)c1cc(OCc2cccs2)ccn1. The monoisotopic (exact) mass is 235 g/mol. The lowest BCUT2D eigenvalue weighted by Crippen LogP contribution is -2.01. The Bertz CT molecular complexity index is 482. The largest absolute Gasteiger partial charge is 0.488 e. The average Bonchev–Trinajstić information content (AvgIpc) is 2.79. The Kier molecular flexibility index (Phi) is 3.16. The van der Waals surface area contributed by atoms with Gasteiger partial charge in [0.25, 0.3) is 0 Å². The third kappa shape index (κ3) is 2.58. The van der Waals surface area contributed by atoms with Crippen molar-refractivity contribution in [1.29, 1.82) is 0 Å². The Morgan fingerprint density at radius 3 is 3.06 bits per heavy atom. The second-order valence-corrected chi connectivity index (χ2v) is 4.08. The van der Waals surface area contributed by atoms with Crippen molar-refractivity contribution in [3.63, 3.8) is 0 Å². The third-order valence-corrected chi connectivity index (χ3v) is 2.76. The van der Waals surface area contributed by atoms with Gasteiger partial charge < -0.3 is 9.84 Å². The lowest BCUT2D eigenvalue weighted by atomic mass is 10.3. The van der Waals surface area contributed by atoms with E-state index >= 15 is 0 Å². The van der Waals surface area contributed by atoms with Gasteiger partial charge >= 0.3 is 5.97 Å². The molecule has 0 aliphatic rings. The van der Waals surface area contributed by atoms with Crippen LogP contribution >= 0.6 is 11.3 Å². The van der Waals surface area contributed by atoms with Crippen LogP contribution in [0, 0.1) is 0 Å². The molecular weight excluding hydrogens is 226 g/mol. The van der Waals surface area contributed by atoms with Crippen LogP contribution in [-0.4, -0.2) is 16.1 Å². The van der Waals surface area contributed by atoms with E-state index in [-0.39, 0.29) is 5.69 Å². The highest BCUT2D eigenvalue weighted by molar-refractivity contribution is 7.09. The molecule has 0 aliphatic heterocycles. The number of rotatable bonds is 4. The van der Waals surface area contributed by atoms with Crippen LogP contribution < -0.4 is 4.74 Å². The van der Waals surface area contributed by atoms with Crippen LogP contribution in [0.15, 0.2) is 35.8 Å². The lowest BCUT2D eigenvalue weighted by Gasteiger charge is -2.04. The molecule has 0 aliphatic carbocycles. The number of carboxylic acid groups (broad SMARTS) is 1. The van der Waals surface area contributed by atoms with Crippen molar-refractivity contribution in [3.8, 4) is 5.75 Å². The van der Waals surface area contributed by atoms with Crippen LogP contribution in [0.1, 0.15) is 15.4 Å². The summed E-state index contributed by atoms with van der Waals surface area (Å²) in [7, 11) is 0. The van der Waals surface area contributed by atoms with Gasteiger partial charge in [-0.25, -0.2) is 9.78 Å². The van der Waals surface area contributed by atoms with E-state index in [1.807, 2.05) is 17.5 Å². The summed E-state index contributed by atoms with van der Waals surface area (Å²) >= 11 is 1.60. The second kappa shape index (κ2) is 4.76. The van der Waals surface area contributed by atoms with E-state index in [2.05, 4.69) is 4.98 Å². The Hall–Kier alpha value is -1.88. The zero-order valence-electron chi connectivity index (χ0n) is 8.29. The van der Waals surface area contributed by atoms with E-state index in [4.69, 9.17) is 9.84 Å². The molecule has 2 aromatic rings. The molecule has 0 amide bonds. The molecule has 0 radical (unpaired) electrons. The summed E-state index contributed by atoms with van der Waals surface area (Å²) < 4.78 is 5.45. The summed E-state index contributed by atoms with van der Waals surface area (Å²) in [5.74, 6) is -0.539. The molecule has 2 rings (SSSR count). The van der Waals surface area contributed by atoms with Crippen molar-refractivity contribution in [2.45, 2.75) is 6.61 Å². The fraction of sp³-hybridized carbons (Fsp3) is 0.0909. The first kappa shape index (κ1) is 10.6. The number of carboxylic acids is 1. The van der Waals surface area contributed by atoms with Gasteiger partial charge in [0.15, 0.2) is 5.69 Å².